The Morgan fingerprint density at radius 2 is 2.05 bits per heavy atom. The monoisotopic (exact) mass is 297 g/mol. The molecular formula is C19H23NS. The van der Waals surface area contributed by atoms with Gasteiger partial charge in [-0.1, -0.05) is 24.6 Å². The van der Waals surface area contributed by atoms with E-state index in [4.69, 9.17) is 5.73 Å². The maximum absolute atomic E-state index is 6.99. The fraction of sp³-hybridized carbons (Fsp3) is 0.579. The molecule has 0 aliphatic heterocycles. The molecule has 2 N–H and O–H groups in total. The van der Waals surface area contributed by atoms with Crippen molar-refractivity contribution in [3.05, 3.63) is 35.2 Å². The molecule has 5 atom stereocenters. The lowest BCUT2D eigenvalue weighted by Crippen LogP contribution is -2.50. The van der Waals surface area contributed by atoms with Gasteiger partial charge in [-0.25, -0.2) is 0 Å². The first-order valence-corrected chi connectivity index (χ1v) is 9.36. The Morgan fingerprint density at radius 3 is 3.00 bits per heavy atom. The number of benzene rings is 1. The molecule has 5 unspecified atom stereocenters. The van der Waals surface area contributed by atoms with Gasteiger partial charge in [0.1, 0.15) is 0 Å². The number of hydrogen-bond donors (Lipinski definition) is 1. The molecule has 1 nitrogen and oxygen atoms in total. The lowest BCUT2D eigenvalue weighted by molar-refractivity contribution is 0.156. The third kappa shape index (κ3) is 1.72. The van der Waals surface area contributed by atoms with Gasteiger partial charge in [-0.3, -0.25) is 0 Å². The summed E-state index contributed by atoms with van der Waals surface area (Å²) >= 11 is 1.88. The topological polar surface area (TPSA) is 26.0 Å². The largest absolute Gasteiger partial charge is 0.325 e. The summed E-state index contributed by atoms with van der Waals surface area (Å²) in [6.45, 7) is 0. The van der Waals surface area contributed by atoms with Crippen LogP contribution in [0.25, 0.3) is 10.1 Å². The average Bonchev–Trinajstić information content (AvgIpc) is 3.20. The second kappa shape index (κ2) is 4.33. The van der Waals surface area contributed by atoms with Crippen LogP contribution in [0.3, 0.4) is 0 Å². The van der Waals surface area contributed by atoms with Crippen LogP contribution in [0.1, 0.15) is 37.7 Å². The summed E-state index contributed by atoms with van der Waals surface area (Å²) < 4.78 is 1.41. The summed E-state index contributed by atoms with van der Waals surface area (Å²) in [6, 6.07) is 8.81. The molecule has 3 aliphatic carbocycles. The standard InChI is InChI=1S/C19H23NS/c20-19(9-12-8-17(19)16-6-3-5-14(12)16)10-13-11-21-18-7-2-1-4-15(13)18/h1-2,4,7,11-12,14,16-17H,3,5-6,8-10,20H2. The molecule has 0 radical (unpaired) electrons. The van der Waals surface area contributed by atoms with Gasteiger partial charge in [0.15, 0.2) is 0 Å². The quantitative estimate of drug-likeness (QED) is 0.861. The highest BCUT2D eigenvalue weighted by molar-refractivity contribution is 7.17. The summed E-state index contributed by atoms with van der Waals surface area (Å²) in [4.78, 5) is 0. The summed E-state index contributed by atoms with van der Waals surface area (Å²) in [5, 5.41) is 3.80. The van der Waals surface area contributed by atoms with E-state index in [1.165, 1.54) is 47.8 Å². The van der Waals surface area contributed by atoms with Crippen molar-refractivity contribution in [2.45, 2.75) is 44.1 Å². The van der Waals surface area contributed by atoms with Gasteiger partial charge in [-0.2, -0.15) is 0 Å². The molecule has 3 fully saturated rings. The van der Waals surface area contributed by atoms with E-state index in [1.807, 2.05) is 11.3 Å². The second-order valence-electron chi connectivity index (χ2n) is 7.73. The van der Waals surface area contributed by atoms with Crippen LogP contribution >= 0.6 is 11.3 Å². The number of rotatable bonds is 2. The Bertz CT molecular complexity index is 690. The van der Waals surface area contributed by atoms with Crippen molar-refractivity contribution in [3.63, 3.8) is 0 Å². The lowest BCUT2D eigenvalue weighted by atomic mass is 9.69. The number of hydrogen-bond acceptors (Lipinski definition) is 2. The van der Waals surface area contributed by atoms with Crippen LogP contribution in [-0.4, -0.2) is 5.54 Å². The Balaban J connectivity index is 1.48. The first-order chi connectivity index (χ1) is 10.2. The molecule has 0 saturated heterocycles. The van der Waals surface area contributed by atoms with E-state index in [-0.39, 0.29) is 5.54 Å². The minimum Gasteiger partial charge on any atom is -0.325 e. The van der Waals surface area contributed by atoms with Crippen molar-refractivity contribution in [2.24, 2.45) is 29.4 Å². The van der Waals surface area contributed by atoms with Crippen LogP contribution in [-0.2, 0) is 6.42 Å². The van der Waals surface area contributed by atoms with E-state index in [0.29, 0.717) is 0 Å². The Morgan fingerprint density at radius 1 is 1.19 bits per heavy atom. The third-order valence-electron chi connectivity index (χ3n) is 6.77. The predicted octanol–water partition coefficient (Wildman–Crippen LogP) is 4.60. The van der Waals surface area contributed by atoms with Crippen molar-refractivity contribution >= 4 is 21.4 Å². The van der Waals surface area contributed by atoms with Crippen molar-refractivity contribution in [2.75, 3.05) is 0 Å². The van der Waals surface area contributed by atoms with Gasteiger partial charge in [-0.05, 0) is 78.2 Å². The van der Waals surface area contributed by atoms with Crippen molar-refractivity contribution in [3.8, 4) is 0 Å². The summed E-state index contributed by atoms with van der Waals surface area (Å²) in [7, 11) is 0. The van der Waals surface area contributed by atoms with E-state index in [9.17, 15) is 0 Å². The van der Waals surface area contributed by atoms with Crippen LogP contribution in [0, 0.1) is 23.7 Å². The zero-order valence-corrected chi connectivity index (χ0v) is 13.2. The molecule has 21 heavy (non-hydrogen) atoms. The molecule has 2 aromatic rings. The Hall–Kier alpha value is -0.860. The van der Waals surface area contributed by atoms with Crippen molar-refractivity contribution < 1.29 is 0 Å². The van der Waals surface area contributed by atoms with Gasteiger partial charge in [0.2, 0.25) is 0 Å². The molecule has 3 saturated carbocycles. The molecule has 5 rings (SSSR count). The van der Waals surface area contributed by atoms with Gasteiger partial charge in [0.25, 0.3) is 0 Å². The Labute approximate surface area is 130 Å². The van der Waals surface area contributed by atoms with Crippen molar-refractivity contribution in [1.29, 1.82) is 0 Å². The smallest absolute Gasteiger partial charge is 0.0345 e. The summed E-state index contributed by atoms with van der Waals surface area (Å²) in [5.41, 5.74) is 8.57. The zero-order chi connectivity index (χ0) is 14.0. The summed E-state index contributed by atoms with van der Waals surface area (Å²) in [6.07, 6.45) is 8.20. The van der Waals surface area contributed by atoms with E-state index in [1.54, 1.807) is 0 Å². The Kier molecular flexibility index (Phi) is 2.61. The first kappa shape index (κ1) is 12.7. The molecule has 1 aromatic heterocycles. The van der Waals surface area contributed by atoms with E-state index < -0.39 is 0 Å². The van der Waals surface area contributed by atoms with Crippen LogP contribution in [0.4, 0.5) is 0 Å². The van der Waals surface area contributed by atoms with Crippen molar-refractivity contribution in [1.82, 2.24) is 0 Å². The molecule has 2 heteroatoms. The normalized spacial score (nSPS) is 41.0. The second-order valence-corrected chi connectivity index (χ2v) is 8.64. The fourth-order valence-electron chi connectivity index (χ4n) is 6.04. The van der Waals surface area contributed by atoms with Crippen LogP contribution in [0.15, 0.2) is 29.6 Å². The van der Waals surface area contributed by atoms with Crippen LogP contribution < -0.4 is 5.73 Å². The third-order valence-corrected chi connectivity index (χ3v) is 7.78. The van der Waals surface area contributed by atoms with Gasteiger partial charge in [0, 0.05) is 10.2 Å². The number of thiophene rings is 1. The molecule has 3 aliphatic rings. The lowest BCUT2D eigenvalue weighted by Gasteiger charge is -2.40. The van der Waals surface area contributed by atoms with E-state index in [0.717, 1.165) is 30.1 Å². The first-order valence-electron chi connectivity index (χ1n) is 8.49. The minimum absolute atomic E-state index is 0.0834. The zero-order valence-electron chi connectivity index (χ0n) is 12.4. The molecule has 0 amide bonds. The van der Waals surface area contributed by atoms with Gasteiger partial charge >= 0.3 is 0 Å². The molecule has 110 valence electrons. The minimum atomic E-state index is 0.0834. The number of nitrogens with two attached hydrogens (primary N) is 1. The number of fused-ring (bicyclic) bond motifs is 6. The van der Waals surface area contributed by atoms with Crippen LogP contribution in [0.2, 0.25) is 0 Å². The van der Waals surface area contributed by atoms with Gasteiger partial charge in [-0.15, -0.1) is 11.3 Å². The van der Waals surface area contributed by atoms with Gasteiger partial charge in [0.05, 0.1) is 0 Å². The van der Waals surface area contributed by atoms with Crippen LogP contribution in [0.5, 0.6) is 0 Å². The molecule has 1 aromatic carbocycles. The highest BCUT2D eigenvalue weighted by Crippen LogP contribution is 2.62. The molecule has 2 bridgehead atoms. The van der Waals surface area contributed by atoms with E-state index >= 15 is 0 Å². The van der Waals surface area contributed by atoms with E-state index in [2.05, 4.69) is 29.6 Å². The fourth-order valence-corrected chi connectivity index (χ4v) is 7.00. The molecular weight excluding hydrogens is 274 g/mol. The average molecular weight is 297 g/mol. The maximum atomic E-state index is 6.99. The van der Waals surface area contributed by atoms with Gasteiger partial charge < -0.3 is 5.73 Å². The SMILES string of the molecule is NC1(Cc2csc3ccccc23)CC2CC1C1CCCC21. The highest BCUT2D eigenvalue weighted by atomic mass is 32.1. The molecule has 0 spiro atoms. The summed E-state index contributed by atoms with van der Waals surface area (Å²) in [5.74, 6) is 3.73. The highest BCUT2D eigenvalue weighted by Gasteiger charge is 2.59. The predicted molar refractivity (Wildman–Crippen MR) is 89.5 cm³/mol. The maximum Gasteiger partial charge on any atom is 0.0345 e. The molecule has 1 heterocycles.